The molecule has 0 unspecified atom stereocenters. The Bertz CT molecular complexity index is 252. The van der Waals surface area contributed by atoms with Crippen LogP contribution in [0.2, 0.25) is 0 Å². The molecule has 3 nitrogen and oxygen atoms in total. The molecule has 0 aromatic rings. The molecule has 0 atom stereocenters. The van der Waals surface area contributed by atoms with Crippen LogP contribution in [0.1, 0.15) is 26.2 Å². The summed E-state index contributed by atoms with van der Waals surface area (Å²) in [7, 11) is 0. The maximum Gasteiger partial charge on any atom is 0.171 e. The zero-order valence-corrected chi connectivity index (χ0v) is 9.17. The lowest BCUT2D eigenvalue weighted by Crippen LogP contribution is -1.69. The van der Waals surface area contributed by atoms with Crippen molar-refractivity contribution in [3.63, 3.8) is 0 Å². The molecular weight excluding hydrogens is 188 g/mol. The van der Waals surface area contributed by atoms with Crippen molar-refractivity contribution in [3.05, 3.63) is 41.4 Å². The van der Waals surface area contributed by atoms with Crippen LogP contribution in [0.15, 0.2) is 46.6 Å². The van der Waals surface area contributed by atoms with Crippen molar-refractivity contribution in [2.24, 2.45) is 10.2 Å². The van der Waals surface area contributed by atoms with Crippen molar-refractivity contribution in [2.75, 3.05) is 6.67 Å². The summed E-state index contributed by atoms with van der Waals surface area (Å²) in [5.74, 6) is 0. The van der Waals surface area contributed by atoms with Gasteiger partial charge in [0, 0.05) is 6.21 Å². The zero-order valence-electron chi connectivity index (χ0n) is 9.17. The molecule has 0 aromatic carbocycles. The van der Waals surface area contributed by atoms with E-state index < -0.39 is 0 Å². The Morgan fingerprint density at radius 3 is 2.67 bits per heavy atom. The largest absolute Gasteiger partial charge is 0.266 e. The van der Waals surface area contributed by atoms with Crippen LogP contribution in [0.4, 0.5) is 0 Å². The van der Waals surface area contributed by atoms with Gasteiger partial charge in [-0.05, 0) is 24.1 Å². The molecule has 0 spiro atoms. The van der Waals surface area contributed by atoms with Crippen molar-refractivity contribution in [1.82, 2.24) is 0 Å². The third-order valence-corrected chi connectivity index (χ3v) is 1.58. The van der Waals surface area contributed by atoms with E-state index in [-0.39, 0.29) is 6.67 Å². The predicted octanol–water partition coefficient (Wildman–Crippen LogP) is 3.64. The van der Waals surface area contributed by atoms with Gasteiger partial charge in [-0.2, -0.15) is 0 Å². The molecule has 0 radical (unpaired) electrons. The average Bonchev–Trinajstić information content (AvgIpc) is 2.26. The summed E-state index contributed by atoms with van der Waals surface area (Å²) in [5, 5.41) is 2.60. The number of nitrogens with zero attached hydrogens (tertiary/aromatic N) is 2. The van der Waals surface area contributed by atoms with Crippen molar-refractivity contribution >= 4 is 6.21 Å². The van der Waals surface area contributed by atoms with E-state index in [1.165, 1.54) is 6.42 Å². The average molecular weight is 206 g/mol. The van der Waals surface area contributed by atoms with Crippen LogP contribution < -0.4 is 0 Å². The minimum absolute atomic E-state index is 0.00614. The van der Waals surface area contributed by atoms with Gasteiger partial charge in [-0.1, -0.05) is 43.7 Å². The molecule has 0 aliphatic carbocycles. The predicted molar refractivity (Wildman–Crippen MR) is 66.1 cm³/mol. The van der Waals surface area contributed by atoms with Gasteiger partial charge < -0.3 is 0 Å². The van der Waals surface area contributed by atoms with Crippen LogP contribution in [-0.2, 0) is 0 Å². The molecule has 0 saturated heterocycles. The van der Waals surface area contributed by atoms with Gasteiger partial charge in [0.1, 0.15) is 0 Å². The molecule has 0 aromatic heterocycles. The standard InChI is InChI=1S/C12H18N2O/c1-2-3-4-5-6-7-8-9-10-11-13-12-14-15/h4-5,7-11H,2-3,6,12H2,1H3/b5-4+,8-7+,10-9+,13-11?. The fourth-order valence-electron chi connectivity index (χ4n) is 0.872. The van der Waals surface area contributed by atoms with E-state index in [9.17, 15) is 4.91 Å². The minimum Gasteiger partial charge on any atom is -0.266 e. The van der Waals surface area contributed by atoms with Gasteiger partial charge in [-0.25, -0.2) is 0 Å². The number of nitroso groups, excluding NO2 is 1. The summed E-state index contributed by atoms with van der Waals surface area (Å²) >= 11 is 0. The maximum atomic E-state index is 9.66. The smallest absolute Gasteiger partial charge is 0.171 e. The van der Waals surface area contributed by atoms with Gasteiger partial charge in [-0.15, -0.1) is 4.91 Å². The van der Waals surface area contributed by atoms with E-state index >= 15 is 0 Å². The zero-order chi connectivity index (χ0) is 11.2. The first-order valence-electron chi connectivity index (χ1n) is 5.17. The molecule has 0 heterocycles. The monoisotopic (exact) mass is 206 g/mol. The van der Waals surface area contributed by atoms with Gasteiger partial charge >= 0.3 is 0 Å². The highest BCUT2D eigenvalue weighted by atomic mass is 16.3. The molecule has 0 amide bonds. The third-order valence-electron chi connectivity index (χ3n) is 1.58. The first-order chi connectivity index (χ1) is 7.41. The summed E-state index contributed by atoms with van der Waals surface area (Å²) in [6, 6.07) is 0. The number of hydrogen-bond acceptors (Lipinski definition) is 3. The van der Waals surface area contributed by atoms with Crippen molar-refractivity contribution in [1.29, 1.82) is 0 Å². The third kappa shape index (κ3) is 12.5. The molecule has 0 aliphatic rings. The Hall–Kier alpha value is -1.51. The highest BCUT2D eigenvalue weighted by Gasteiger charge is 1.72. The molecule has 3 heteroatoms. The Kier molecular flexibility index (Phi) is 11.2. The second kappa shape index (κ2) is 12.5. The van der Waals surface area contributed by atoms with Gasteiger partial charge in [0.2, 0.25) is 0 Å². The molecule has 0 rings (SSSR count). The summed E-state index contributed by atoms with van der Waals surface area (Å²) < 4.78 is 0. The molecular formula is C12H18N2O. The summed E-state index contributed by atoms with van der Waals surface area (Å²) in [6.45, 7) is 2.16. The summed E-state index contributed by atoms with van der Waals surface area (Å²) in [6.07, 6.45) is 16.9. The van der Waals surface area contributed by atoms with Crippen molar-refractivity contribution < 1.29 is 0 Å². The van der Waals surface area contributed by atoms with E-state index in [2.05, 4.69) is 35.3 Å². The van der Waals surface area contributed by atoms with Crippen LogP contribution >= 0.6 is 0 Å². The lowest BCUT2D eigenvalue weighted by Gasteiger charge is -1.82. The maximum absolute atomic E-state index is 9.66. The molecule has 0 aliphatic heterocycles. The van der Waals surface area contributed by atoms with Gasteiger partial charge in [0.25, 0.3) is 0 Å². The fraction of sp³-hybridized carbons (Fsp3) is 0.417. The number of rotatable bonds is 8. The molecule has 0 bridgehead atoms. The van der Waals surface area contributed by atoms with E-state index in [1.54, 1.807) is 12.3 Å². The van der Waals surface area contributed by atoms with Crippen molar-refractivity contribution in [3.8, 4) is 0 Å². The summed E-state index contributed by atoms with van der Waals surface area (Å²) in [5.41, 5.74) is 0. The van der Waals surface area contributed by atoms with E-state index in [4.69, 9.17) is 0 Å². The van der Waals surface area contributed by atoms with Gasteiger partial charge in [-0.3, -0.25) is 4.99 Å². The van der Waals surface area contributed by atoms with Crippen LogP contribution in [0.5, 0.6) is 0 Å². The fourth-order valence-corrected chi connectivity index (χ4v) is 0.872. The van der Waals surface area contributed by atoms with Crippen LogP contribution in [0.25, 0.3) is 0 Å². The molecule has 0 fully saturated rings. The van der Waals surface area contributed by atoms with Crippen LogP contribution in [0, 0.1) is 4.91 Å². The second-order valence-electron chi connectivity index (χ2n) is 2.91. The van der Waals surface area contributed by atoms with Gasteiger partial charge in [0.05, 0.1) is 0 Å². The lowest BCUT2D eigenvalue weighted by molar-refractivity contribution is 0.954. The molecule has 15 heavy (non-hydrogen) atoms. The molecule has 82 valence electrons. The topological polar surface area (TPSA) is 41.8 Å². The Balaban J connectivity index is 3.48. The number of unbranched alkanes of at least 4 members (excludes halogenated alkanes) is 1. The first-order valence-corrected chi connectivity index (χ1v) is 5.17. The molecule has 0 saturated carbocycles. The normalized spacial score (nSPS) is 12.6. The highest BCUT2D eigenvalue weighted by Crippen LogP contribution is 1.92. The number of aliphatic imine (C=N–C) groups is 1. The second-order valence-corrected chi connectivity index (χ2v) is 2.91. The highest BCUT2D eigenvalue weighted by molar-refractivity contribution is 5.71. The first kappa shape index (κ1) is 13.5. The van der Waals surface area contributed by atoms with Gasteiger partial charge in [0.15, 0.2) is 6.67 Å². The quantitative estimate of drug-likeness (QED) is 0.259. The van der Waals surface area contributed by atoms with E-state index in [0.29, 0.717) is 0 Å². The van der Waals surface area contributed by atoms with Crippen molar-refractivity contribution in [2.45, 2.75) is 26.2 Å². The Labute approximate surface area is 91.3 Å². The van der Waals surface area contributed by atoms with Crippen LogP contribution in [0.3, 0.4) is 0 Å². The Morgan fingerprint density at radius 1 is 1.07 bits per heavy atom. The minimum atomic E-state index is -0.00614. The molecule has 0 N–H and O–H groups in total. The van der Waals surface area contributed by atoms with Crippen LogP contribution in [-0.4, -0.2) is 12.9 Å². The Morgan fingerprint density at radius 2 is 1.93 bits per heavy atom. The summed E-state index contributed by atoms with van der Waals surface area (Å²) in [4.78, 5) is 13.4. The van der Waals surface area contributed by atoms with E-state index in [1.807, 2.05) is 12.2 Å². The number of allylic oxidation sites excluding steroid dienone is 6. The number of hydrogen-bond donors (Lipinski definition) is 0. The lowest BCUT2D eigenvalue weighted by atomic mass is 10.2. The van der Waals surface area contributed by atoms with E-state index in [0.717, 1.165) is 12.8 Å². The SMILES string of the molecule is CCC/C=C/C/C=C/C=C/C=NCN=O.